The Hall–Kier alpha value is -3.96. The van der Waals surface area contributed by atoms with Crippen LogP contribution in [0.3, 0.4) is 0 Å². The van der Waals surface area contributed by atoms with E-state index in [0.717, 1.165) is 59.7 Å². The number of carboxylic acids is 1. The molecule has 1 aliphatic rings. The third-order valence-electron chi connectivity index (χ3n) is 7.26. The molecule has 0 spiro atoms. The van der Waals surface area contributed by atoms with Crippen molar-refractivity contribution in [2.45, 2.75) is 56.7 Å². The number of aromatic nitrogens is 6. The number of β-amino-alcohol motifs (C(OH)–C–C–N with tert-alkyl or cyclic N) is 1. The molecule has 2 unspecified atom stereocenters. The SMILES string of the molecule is O=CCCCCCC(CN1CC(O)C[C@H]1C(=O)O)n1cnc2cc(-c3ccccc3-c3nn[nH]n3)ccc21. The van der Waals surface area contributed by atoms with E-state index in [2.05, 4.69) is 25.2 Å². The Labute approximate surface area is 219 Å². The lowest BCUT2D eigenvalue weighted by molar-refractivity contribution is -0.142. The zero-order chi connectivity index (χ0) is 26.5. The fraction of sp³-hybridized carbons (Fsp3) is 0.407. The highest BCUT2D eigenvalue weighted by atomic mass is 16.4. The summed E-state index contributed by atoms with van der Waals surface area (Å²) in [7, 11) is 0. The molecule has 0 saturated carbocycles. The maximum atomic E-state index is 11.8. The fourth-order valence-corrected chi connectivity index (χ4v) is 5.41. The minimum Gasteiger partial charge on any atom is -0.480 e. The highest BCUT2D eigenvalue weighted by molar-refractivity contribution is 5.87. The van der Waals surface area contributed by atoms with Crippen molar-refractivity contribution in [2.75, 3.05) is 13.1 Å². The van der Waals surface area contributed by atoms with Gasteiger partial charge in [-0.25, -0.2) is 4.98 Å². The maximum absolute atomic E-state index is 11.8. The van der Waals surface area contributed by atoms with E-state index in [9.17, 15) is 19.8 Å². The largest absolute Gasteiger partial charge is 0.480 e. The van der Waals surface area contributed by atoms with Crippen LogP contribution in [0.15, 0.2) is 48.8 Å². The molecule has 38 heavy (non-hydrogen) atoms. The molecular weight excluding hydrogens is 486 g/mol. The topological polar surface area (TPSA) is 150 Å². The molecule has 11 nitrogen and oxygen atoms in total. The summed E-state index contributed by atoms with van der Waals surface area (Å²) < 4.78 is 2.12. The van der Waals surface area contributed by atoms with Gasteiger partial charge in [0.1, 0.15) is 12.3 Å². The molecule has 198 valence electrons. The number of aliphatic carboxylic acids is 1. The highest BCUT2D eigenvalue weighted by Crippen LogP contribution is 2.33. The first-order valence-corrected chi connectivity index (χ1v) is 12.9. The van der Waals surface area contributed by atoms with E-state index in [1.807, 2.05) is 53.7 Å². The summed E-state index contributed by atoms with van der Waals surface area (Å²) in [5.41, 5.74) is 4.58. The van der Waals surface area contributed by atoms with Crippen LogP contribution in [0.2, 0.25) is 0 Å². The summed E-state index contributed by atoms with van der Waals surface area (Å²) in [6.45, 7) is 0.831. The van der Waals surface area contributed by atoms with E-state index < -0.39 is 18.1 Å². The normalized spacial score (nSPS) is 18.7. The molecule has 0 radical (unpaired) electrons. The van der Waals surface area contributed by atoms with Gasteiger partial charge in [-0.05, 0) is 41.3 Å². The molecule has 5 rings (SSSR count). The number of carbonyl (C=O) groups is 2. The number of aliphatic hydroxyl groups is 1. The lowest BCUT2D eigenvalue weighted by Crippen LogP contribution is -2.39. The zero-order valence-corrected chi connectivity index (χ0v) is 21.0. The number of benzene rings is 2. The molecule has 11 heteroatoms. The standard InChI is InChI=1S/C27H31N7O4/c35-12-6-2-1-3-7-19(15-33-16-20(36)14-25(33)27(37)38)34-17-28-23-13-18(10-11-24(23)34)21-8-4-5-9-22(21)26-29-31-32-30-26/h4-5,8-13,17,19-20,25,36H,1-3,6-7,14-16H2,(H,37,38)(H,29,30,31,32)/t19?,20?,25-/m0/s1. The van der Waals surface area contributed by atoms with Gasteiger partial charge in [0.05, 0.1) is 23.5 Å². The van der Waals surface area contributed by atoms with Crippen LogP contribution in [0.1, 0.15) is 44.6 Å². The number of unbranched alkanes of at least 4 members (excludes halogenated alkanes) is 3. The van der Waals surface area contributed by atoms with Crippen molar-refractivity contribution in [1.29, 1.82) is 0 Å². The van der Waals surface area contributed by atoms with Gasteiger partial charge in [0, 0.05) is 37.5 Å². The van der Waals surface area contributed by atoms with E-state index >= 15 is 0 Å². The quantitative estimate of drug-likeness (QED) is 0.190. The van der Waals surface area contributed by atoms with Crippen LogP contribution in [0.4, 0.5) is 0 Å². The molecule has 3 heterocycles. The number of hydrogen-bond donors (Lipinski definition) is 3. The number of carboxylic acid groups (broad SMARTS) is 1. The number of H-pyrrole nitrogens is 1. The van der Waals surface area contributed by atoms with Crippen molar-refractivity contribution >= 4 is 23.3 Å². The van der Waals surface area contributed by atoms with Crippen LogP contribution in [0, 0.1) is 0 Å². The Morgan fingerprint density at radius 3 is 2.76 bits per heavy atom. The summed E-state index contributed by atoms with van der Waals surface area (Å²) >= 11 is 0. The summed E-state index contributed by atoms with van der Waals surface area (Å²) in [5.74, 6) is -0.395. The van der Waals surface area contributed by atoms with Crippen LogP contribution in [0.25, 0.3) is 33.5 Å². The highest BCUT2D eigenvalue weighted by Gasteiger charge is 2.37. The Morgan fingerprint density at radius 1 is 1.16 bits per heavy atom. The third-order valence-corrected chi connectivity index (χ3v) is 7.26. The van der Waals surface area contributed by atoms with Gasteiger partial charge in [0.25, 0.3) is 0 Å². The number of imidazole rings is 1. The van der Waals surface area contributed by atoms with Crippen molar-refractivity contribution in [2.24, 2.45) is 0 Å². The second-order valence-corrected chi connectivity index (χ2v) is 9.79. The van der Waals surface area contributed by atoms with Gasteiger partial charge < -0.3 is 19.6 Å². The number of carbonyl (C=O) groups excluding carboxylic acids is 1. The third kappa shape index (κ3) is 5.48. The van der Waals surface area contributed by atoms with Crippen LogP contribution in [0.5, 0.6) is 0 Å². The number of nitrogens with one attached hydrogen (secondary N) is 1. The molecule has 0 amide bonds. The van der Waals surface area contributed by atoms with Crippen LogP contribution in [-0.4, -0.2) is 82.8 Å². The van der Waals surface area contributed by atoms with E-state index in [1.54, 1.807) is 0 Å². The average Bonchev–Trinajstić information content (AvgIpc) is 3.67. The van der Waals surface area contributed by atoms with Crippen LogP contribution >= 0.6 is 0 Å². The first-order valence-electron chi connectivity index (χ1n) is 12.9. The number of tetrazole rings is 1. The van der Waals surface area contributed by atoms with E-state index in [-0.39, 0.29) is 12.5 Å². The number of nitrogens with zero attached hydrogens (tertiary/aromatic N) is 6. The number of rotatable bonds is 12. The predicted octanol–water partition coefficient (Wildman–Crippen LogP) is 3.09. The van der Waals surface area contributed by atoms with Gasteiger partial charge in [-0.2, -0.15) is 5.21 Å². The molecule has 2 aromatic heterocycles. The van der Waals surface area contributed by atoms with Crippen molar-refractivity contribution in [3.8, 4) is 22.5 Å². The number of aromatic amines is 1. The summed E-state index contributed by atoms with van der Waals surface area (Å²) in [4.78, 5) is 29.1. The van der Waals surface area contributed by atoms with Crippen molar-refractivity contribution in [1.82, 2.24) is 35.1 Å². The summed E-state index contributed by atoms with van der Waals surface area (Å²) in [6.07, 6.45) is 6.37. The van der Waals surface area contributed by atoms with Gasteiger partial charge in [-0.3, -0.25) is 9.69 Å². The molecule has 3 N–H and O–H groups in total. The van der Waals surface area contributed by atoms with Gasteiger partial charge in [0.15, 0.2) is 0 Å². The lowest BCUT2D eigenvalue weighted by Gasteiger charge is -2.28. The Bertz CT molecular complexity index is 1390. The molecule has 0 aliphatic carbocycles. The minimum absolute atomic E-state index is 0.0270. The predicted molar refractivity (Wildman–Crippen MR) is 140 cm³/mol. The molecule has 1 saturated heterocycles. The van der Waals surface area contributed by atoms with Gasteiger partial charge in [-0.1, -0.05) is 43.2 Å². The fourth-order valence-electron chi connectivity index (χ4n) is 5.41. The molecule has 3 atom stereocenters. The first-order chi connectivity index (χ1) is 18.5. The van der Waals surface area contributed by atoms with Crippen LogP contribution in [-0.2, 0) is 9.59 Å². The van der Waals surface area contributed by atoms with Crippen molar-refractivity contribution < 1.29 is 19.8 Å². The molecule has 1 aliphatic heterocycles. The first kappa shape index (κ1) is 25.7. The van der Waals surface area contributed by atoms with Gasteiger partial charge in [0.2, 0.25) is 5.82 Å². The molecule has 0 bridgehead atoms. The van der Waals surface area contributed by atoms with E-state index in [0.29, 0.717) is 25.3 Å². The molecule has 2 aromatic carbocycles. The second-order valence-electron chi connectivity index (χ2n) is 9.79. The molecule has 4 aromatic rings. The Kier molecular flexibility index (Phi) is 7.85. The van der Waals surface area contributed by atoms with Crippen molar-refractivity contribution in [3.63, 3.8) is 0 Å². The summed E-state index contributed by atoms with van der Waals surface area (Å²) in [6, 6.07) is 13.2. The van der Waals surface area contributed by atoms with Gasteiger partial charge in [-0.15, -0.1) is 10.2 Å². The number of aldehydes is 1. The van der Waals surface area contributed by atoms with E-state index in [1.165, 1.54) is 0 Å². The second kappa shape index (κ2) is 11.6. The van der Waals surface area contributed by atoms with Gasteiger partial charge >= 0.3 is 5.97 Å². The summed E-state index contributed by atoms with van der Waals surface area (Å²) in [5, 5.41) is 34.3. The smallest absolute Gasteiger partial charge is 0.321 e. The Morgan fingerprint density at radius 2 is 2.00 bits per heavy atom. The molecular formula is C27H31N7O4. The number of likely N-dealkylation sites (tertiary alicyclic amines) is 1. The number of hydrogen-bond acceptors (Lipinski definition) is 8. The number of fused-ring (bicyclic) bond motifs is 1. The number of aliphatic hydroxyl groups excluding tert-OH is 1. The monoisotopic (exact) mass is 517 g/mol. The Balaban J connectivity index is 1.44. The van der Waals surface area contributed by atoms with Crippen LogP contribution < -0.4 is 0 Å². The molecule has 1 fully saturated rings. The minimum atomic E-state index is -0.910. The average molecular weight is 518 g/mol. The maximum Gasteiger partial charge on any atom is 0.321 e. The van der Waals surface area contributed by atoms with E-state index in [4.69, 9.17) is 4.98 Å². The van der Waals surface area contributed by atoms with Crippen molar-refractivity contribution in [3.05, 3.63) is 48.8 Å². The lowest BCUT2D eigenvalue weighted by atomic mass is 9.99. The zero-order valence-electron chi connectivity index (χ0n) is 21.0.